The van der Waals surface area contributed by atoms with E-state index in [1.165, 1.54) is 10.9 Å². The molecule has 0 saturated carbocycles. The van der Waals surface area contributed by atoms with Crippen LogP contribution in [-0.4, -0.2) is 24.5 Å². The quantitative estimate of drug-likeness (QED) is 0.761. The summed E-state index contributed by atoms with van der Waals surface area (Å²) in [5.74, 6) is -1.08. The van der Waals surface area contributed by atoms with Crippen LogP contribution in [0.2, 0.25) is 0 Å². The number of hydrogen-bond acceptors (Lipinski definition) is 6. The third-order valence-corrected chi connectivity index (χ3v) is 2.55. The van der Waals surface area contributed by atoms with Gasteiger partial charge in [0.05, 0.1) is 5.69 Å². The van der Waals surface area contributed by atoms with Crippen molar-refractivity contribution in [2.45, 2.75) is 0 Å². The predicted molar refractivity (Wildman–Crippen MR) is 71.0 cm³/mol. The Balaban J connectivity index is 1.97. The molecule has 0 radical (unpaired) electrons. The molecule has 2 heterocycles. The van der Waals surface area contributed by atoms with Crippen LogP contribution in [0.1, 0.15) is 0 Å². The fourth-order valence-corrected chi connectivity index (χ4v) is 1.64. The topological polar surface area (TPSA) is 94.5 Å². The molecule has 0 spiro atoms. The zero-order valence-electron chi connectivity index (χ0n) is 10.5. The minimum atomic E-state index is -0.639. The molecular weight excluding hydrogens is 280 g/mol. The largest absolute Gasteiger partial charge is 0.368 e. The Bertz CT molecular complexity index is 773. The lowest BCUT2D eigenvalue weighted by atomic mass is 10.3. The van der Waals surface area contributed by atoms with Crippen LogP contribution < -0.4 is 11.1 Å². The molecule has 3 rings (SSSR count). The zero-order chi connectivity index (χ0) is 14.8. The molecule has 0 aliphatic carbocycles. The average Bonchev–Trinajstić information content (AvgIpc) is 2.96. The number of rotatable bonds is 3. The van der Waals surface area contributed by atoms with Crippen LogP contribution in [0.5, 0.6) is 0 Å². The fraction of sp³-hybridized carbons (Fsp3) is 0. The van der Waals surface area contributed by atoms with E-state index >= 15 is 0 Å². The number of nitrogens with one attached hydrogen (secondary N) is 1. The van der Waals surface area contributed by atoms with Gasteiger partial charge in [-0.15, -0.1) is 0 Å². The van der Waals surface area contributed by atoms with Crippen molar-refractivity contribution in [2.24, 2.45) is 0 Å². The Hall–Kier alpha value is -3.10. The number of nitrogen functional groups attached to an aromatic ring is 1. The highest BCUT2D eigenvalue weighted by molar-refractivity contribution is 5.55. The first-order chi connectivity index (χ1) is 10.1. The van der Waals surface area contributed by atoms with Gasteiger partial charge in [-0.05, 0) is 12.1 Å². The summed E-state index contributed by atoms with van der Waals surface area (Å²) >= 11 is 0. The van der Waals surface area contributed by atoms with Crippen molar-refractivity contribution in [3.05, 3.63) is 48.6 Å². The van der Waals surface area contributed by atoms with Gasteiger partial charge in [0.1, 0.15) is 18.0 Å². The van der Waals surface area contributed by atoms with Crippen molar-refractivity contribution in [3.8, 4) is 5.95 Å². The van der Waals surface area contributed by atoms with Crippen LogP contribution in [0, 0.1) is 11.6 Å². The van der Waals surface area contributed by atoms with Crippen molar-refractivity contribution in [1.82, 2.24) is 24.5 Å². The van der Waals surface area contributed by atoms with E-state index in [4.69, 9.17) is 5.73 Å². The Morgan fingerprint density at radius 2 is 2.00 bits per heavy atom. The Morgan fingerprint density at radius 3 is 2.76 bits per heavy atom. The normalized spacial score (nSPS) is 10.6. The first-order valence-electron chi connectivity index (χ1n) is 5.84. The van der Waals surface area contributed by atoms with Crippen molar-refractivity contribution in [2.75, 3.05) is 11.1 Å². The molecule has 3 N–H and O–H groups in total. The fourth-order valence-electron chi connectivity index (χ4n) is 1.64. The van der Waals surface area contributed by atoms with Crippen LogP contribution in [-0.2, 0) is 0 Å². The summed E-state index contributed by atoms with van der Waals surface area (Å²) in [6, 6.07) is 3.00. The summed E-state index contributed by atoms with van der Waals surface area (Å²) < 4.78 is 28.2. The third-order valence-electron chi connectivity index (χ3n) is 2.55. The number of anilines is 3. The van der Waals surface area contributed by atoms with E-state index in [0.717, 1.165) is 18.2 Å². The molecule has 0 aliphatic rings. The van der Waals surface area contributed by atoms with Gasteiger partial charge < -0.3 is 11.1 Å². The van der Waals surface area contributed by atoms with Crippen LogP contribution >= 0.6 is 0 Å². The van der Waals surface area contributed by atoms with Gasteiger partial charge >= 0.3 is 0 Å². The number of imidazole rings is 1. The Kier molecular flexibility index (Phi) is 3.14. The summed E-state index contributed by atoms with van der Waals surface area (Å²) in [4.78, 5) is 15.7. The summed E-state index contributed by atoms with van der Waals surface area (Å²) in [5, 5.41) is 2.57. The molecule has 2 aromatic heterocycles. The monoisotopic (exact) mass is 289 g/mol. The highest BCUT2D eigenvalue weighted by Crippen LogP contribution is 2.19. The van der Waals surface area contributed by atoms with E-state index in [-0.39, 0.29) is 23.5 Å². The van der Waals surface area contributed by atoms with Crippen molar-refractivity contribution >= 4 is 17.6 Å². The Morgan fingerprint density at radius 1 is 1.14 bits per heavy atom. The highest BCUT2D eigenvalue weighted by atomic mass is 19.1. The van der Waals surface area contributed by atoms with Crippen molar-refractivity contribution < 1.29 is 8.78 Å². The van der Waals surface area contributed by atoms with Gasteiger partial charge in [-0.2, -0.15) is 15.0 Å². The average molecular weight is 289 g/mol. The standard InChI is InChI=1S/C12H9F2N7/c13-7-1-2-8(14)9(5-7)17-11-18-10(15)19-12(20-11)21-4-3-16-6-21/h1-6H,(H3,15,17,18,19,20). The number of halogens is 2. The van der Waals surface area contributed by atoms with E-state index in [0.29, 0.717) is 0 Å². The molecule has 7 nitrogen and oxygen atoms in total. The molecule has 106 valence electrons. The predicted octanol–water partition coefficient (Wildman–Crippen LogP) is 1.66. The number of aromatic nitrogens is 5. The molecule has 0 bridgehead atoms. The van der Waals surface area contributed by atoms with E-state index < -0.39 is 11.6 Å². The van der Waals surface area contributed by atoms with Crippen LogP contribution in [0.4, 0.5) is 26.4 Å². The van der Waals surface area contributed by atoms with Gasteiger partial charge in [-0.1, -0.05) is 0 Å². The molecule has 21 heavy (non-hydrogen) atoms. The maximum atomic E-state index is 13.6. The van der Waals surface area contributed by atoms with Gasteiger partial charge in [-0.3, -0.25) is 4.57 Å². The van der Waals surface area contributed by atoms with Crippen molar-refractivity contribution in [1.29, 1.82) is 0 Å². The second-order valence-corrected chi connectivity index (χ2v) is 4.04. The maximum Gasteiger partial charge on any atom is 0.241 e. The number of hydrogen-bond donors (Lipinski definition) is 2. The molecule has 3 aromatic rings. The molecule has 0 amide bonds. The van der Waals surface area contributed by atoms with Gasteiger partial charge in [0.25, 0.3) is 0 Å². The second kappa shape index (κ2) is 5.12. The van der Waals surface area contributed by atoms with Crippen LogP contribution in [0.25, 0.3) is 5.95 Å². The molecule has 1 aromatic carbocycles. The van der Waals surface area contributed by atoms with Gasteiger partial charge in [0, 0.05) is 18.5 Å². The lowest BCUT2D eigenvalue weighted by Crippen LogP contribution is -2.09. The minimum Gasteiger partial charge on any atom is -0.368 e. The first kappa shape index (κ1) is 12.9. The van der Waals surface area contributed by atoms with E-state index in [1.54, 1.807) is 12.4 Å². The molecule has 0 aliphatic heterocycles. The molecule has 0 saturated heterocycles. The number of benzene rings is 1. The highest BCUT2D eigenvalue weighted by Gasteiger charge is 2.09. The molecular formula is C12H9F2N7. The summed E-state index contributed by atoms with van der Waals surface area (Å²) in [5.41, 5.74) is 5.48. The van der Waals surface area contributed by atoms with Crippen molar-refractivity contribution in [3.63, 3.8) is 0 Å². The number of nitrogens with zero attached hydrogens (tertiary/aromatic N) is 5. The molecule has 0 unspecified atom stereocenters. The second-order valence-electron chi connectivity index (χ2n) is 4.04. The lowest BCUT2D eigenvalue weighted by Gasteiger charge is -2.08. The van der Waals surface area contributed by atoms with Gasteiger partial charge in [-0.25, -0.2) is 13.8 Å². The summed E-state index contributed by atoms with van der Waals surface area (Å²) in [7, 11) is 0. The van der Waals surface area contributed by atoms with E-state index in [1.807, 2.05) is 0 Å². The SMILES string of the molecule is Nc1nc(Nc2cc(F)ccc2F)nc(-n2ccnc2)n1. The summed E-state index contributed by atoms with van der Waals surface area (Å²) in [6.45, 7) is 0. The minimum absolute atomic E-state index is 0.00398. The smallest absolute Gasteiger partial charge is 0.241 e. The van der Waals surface area contributed by atoms with E-state index in [2.05, 4.69) is 25.3 Å². The zero-order valence-corrected chi connectivity index (χ0v) is 10.5. The Labute approximate surface area is 117 Å². The molecule has 0 fully saturated rings. The van der Waals surface area contributed by atoms with Gasteiger partial charge in [0.2, 0.25) is 17.8 Å². The van der Waals surface area contributed by atoms with Crippen LogP contribution in [0.3, 0.4) is 0 Å². The molecule has 9 heteroatoms. The lowest BCUT2D eigenvalue weighted by molar-refractivity contribution is 0.603. The maximum absolute atomic E-state index is 13.6. The van der Waals surface area contributed by atoms with Gasteiger partial charge in [0.15, 0.2) is 0 Å². The third kappa shape index (κ3) is 2.76. The van der Waals surface area contributed by atoms with E-state index in [9.17, 15) is 8.78 Å². The summed E-state index contributed by atoms with van der Waals surface area (Å²) in [6.07, 6.45) is 4.63. The number of nitrogens with two attached hydrogens (primary N) is 1. The molecule has 0 atom stereocenters. The van der Waals surface area contributed by atoms with Crippen LogP contribution in [0.15, 0.2) is 36.9 Å². The first-order valence-corrected chi connectivity index (χ1v) is 5.84.